The number of hydrogen-bond acceptors (Lipinski definition) is 4. The second kappa shape index (κ2) is 7.76. The maximum absolute atomic E-state index is 13.8. The zero-order valence-electron chi connectivity index (χ0n) is 13.7. The summed E-state index contributed by atoms with van der Waals surface area (Å²) < 4.78 is 15.7. The van der Waals surface area contributed by atoms with E-state index < -0.39 is 0 Å². The standard InChI is InChI=1S/C16H22FN7/c1-18-16(20-8-11-24-9-3-7-21-24)22-13-5-10-23(12-13)15-14(17)4-2-6-19-15/h2-4,6-7,9,13H,5,8,10-12H2,1H3,(H2,18,20,22). The van der Waals surface area contributed by atoms with Gasteiger partial charge in [-0.05, 0) is 24.6 Å². The minimum atomic E-state index is -0.278. The van der Waals surface area contributed by atoms with Crippen LogP contribution in [0.25, 0.3) is 0 Å². The molecule has 0 aromatic carbocycles. The summed E-state index contributed by atoms with van der Waals surface area (Å²) in [5.74, 6) is 0.888. The van der Waals surface area contributed by atoms with Crippen LogP contribution in [0.2, 0.25) is 0 Å². The molecule has 128 valence electrons. The van der Waals surface area contributed by atoms with Crippen molar-refractivity contribution in [3.63, 3.8) is 0 Å². The van der Waals surface area contributed by atoms with Crippen molar-refractivity contribution in [2.24, 2.45) is 4.99 Å². The van der Waals surface area contributed by atoms with Crippen molar-refractivity contribution in [3.8, 4) is 0 Å². The lowest BCUT2D eigenvalue weighted by Gasteiger charge is -2.20. The molecule has 1 unspecified atom stereocenters. The van der Waals surface area contributed by atoms with Gasteiger partial charge in [0.05, 0.1) is 6.54 Å². The molecular formula is C16H22FN7. The van der Waals surface area contributed by atoms with Gasteiger partial charge in [0.1, 0.15) is 0 Å². The van der Waals surface area contributed by atoms with Crippen molar-refractivity contribution in [3.05, 3.63) is 42.6 Å². The molecular weight excluding hydrogens is 309 g/mol. The molecule has 1 saturated heterocycles. The number of nitrogens with zero attached hydrogens (tertiary/aromatic N) is 5. The van der Waals surface area contributed by atoms with E-state index in [1.54, 1.807) is 25.5 Å². The molecule has 1 aliphatic heterocycles. The van der Waals surface area contributed by atoms with E-state index in [4.69, 9.17) is 0 Å². The van der Waals surface area contributed by atoms with Gasteiger partial charge in [-0.15, -0.1) is 0 Å². The molecule has 0 amide bonds. The minimum absolute atomic E-state index is 0.210. The van der Waals surface area contributed by atoms with Crippen LogP contribution >= 0.6 is 0 Å². The third-order valence-corrected chi connectivity index (χ3v) is 3.98. The van der Waals surface area contributed by atoms with E-state index in [-0.39, 0.29) is 11.9 Å². The number of pyridine rings is 1. The number of hydrogen-bond donors (Lipinski definition) is 2. The van der Waals surface area contributed by atoms with Crippen LogP contribution in [0, 0.1) is 5.82 Å². The lowest BCUT2D eigenvalue weighted by Crippen LogP contribution is -2.45. The number of aliphatic imine (C=N–C) groups is 1. The fourth-order valence-electron chi connectivity index (χ4n) is 2.79. The Hall–Kier alpha value is -2.64. The van der Waals surface area contributed by atoms with Gasteiger partial charge < -0.3 is 15.5 Å². The SMILES string of the molecule is CN=C(NCCn1cccn1)NC1CCN(c2ncccc2F)C1. The highest BCUT2D eigenvalue weighted by Crippen LogP contribution is 2.20. The molecule has 0 saturated carbocycles. The van der Waals surface area contributed by atoms with Gasteiger partial charge in [0.25, 0.3) is 0 Å². The van der Waals surface area contributed by atoms with Gasteiger partial charge >= 0.3 is 0 Å². The minimum Gasteiger partial charge on any atom is -0.355 e. The summed E-state index contributed by atoms with van der Waals surface area (Å²) in [5.41, 5.74) is 0. The van der Waals surface area contributed by atoms with Gasteiger partial charge in [-0.3, -0.25) is 9.67 Å². The van der Waals surface area contributed by atoms with Crippen LogP contribution in [-0.2, 0) is 6.54 Å². The summed E-state index contributed by atoms with van der Waals surface area (Å²) in [6.07, 6.45) is 6.22. The molecule has 1 atom stereocenters. The van der Waals surface area contributed by atoms with Gasteiger partial charge in [0, 0.05) is 51.3 Å². The highest BCUT2D eigenvalue weighted by Gasteiger charge is 2.25. The predicted molar refractivity (Wildman–Crippen MR) is 91.5 cm³/mol. The summed E-state index contributed by atoms with van der Waals surface area (Å²) in [4.78, 5) is 10.3. The Labute approximate surface area is 140 Å². The monoisotopic (exact) mass is 331 g/mol. The van der Waals surface area contributed by atoms with Gasteiger partial charge in [0.15, 0.2) is 17.6 Å². The molecule has 1 aliphatic rings. The van der Waals surface area contributed by atoms with E-state index in [0.717, 1.165) is 32.0 Å². The average Bonchev–Trinajstić information content (AvgIpc) is 3.26. The Morgan fingerprint density at radius 2 is 2.33 bits per heavy atom. The zero-order valence-corrected chi connectivity index (χ0v) is 13.7. The molecule has 2 aromatic heterocycles. The smallest absolute Gasteiger partial charge is 0.191 e. The Morgan fingerprint density at radius 3 is 3.08 bits per heavy atom. The molecule has 3 rings (SSSR count). The van der Waals surface area contributed by atoms with Crippen LogP contribution in [0.3, 0.4) is 0 Å². The maximum atomic E-state index is 13.8. The molecule has 0 radical (unpaired) electrons. The summed E-state index contributed by atoms with van der Waals surface area (Å²) in [7, 11) is 1.74. The average molecular weight is 331 g/mol. The molecule has 0 aliphatic carbocycles. The number of halogens is 1. The Balaban J connectivity index is 1.47. The number of nitrogens with one attached hydrogen (secondary N) is 2. The van der Waals surface area contributed by atoms with Crippen molar-refractivity contribution in [1.82, 2.24) is 25.4 Å². The topological polar surface area (TPSA) is 70.4 Å². The molecule has 2 N–H and O–H groups in total. The second-order valence-electron chi connectivity index (χ2n) is 5.65. The zero-order chi connectivity index (χ0) is 16.8. The first-order chi connectivity index (χ1) is 11.8. The van der Waals surface area contributed by atoms with Crippen molar-refractivity contribution >= 4 is 11.8 Å². The van der Waals surface area contributed by atoms with Crippen LogP contribution < -0.4 is 15.5 Å². The molecule has 0 spiro atoms. The third-order valence-electron chi connectivity index (χ3n) is 3.98. The van der Waals surface area contributed by atoms with E-state index in [9.17, 15) is 4.39 Å². The van der Waals surface area contributed by atoms with E-state index >= 15 is 0 Å². The molecule has 24 heavy (non-hydrogen) atoms. The van der Waals surface area contributed by atoms with E-state index in [1.807, 2.05) is 21.8 Å². The van der Waals surface area contributed by atoms with Crippen LogP contribution in [0.15, 0.2) is 41.8 Å². The van der Waals surface area contributed by atoms with Crippen molar-refractivity contribution in [2.75, 3.05) is 31.6 Å². The van der Waals surface area contributed by atoms with Crippen molar-refractivity contribution < 1.29 is 4.39 Å². The highest BCUT2D eigenvalue weighted by molar-refractivity contribution is 5.80. The van der Waals surface area contributed by atoms with Gasteiger partial charge in [-0.2, -0.15) is 5.10 Å². The van der Waals surface area contributed by atoms with Gasteiger partial charge in [-0.25, -0.2) is 9.37 Å². The predicted octanol–water partition coefficient (Wildman–Crippen LogP) is 0.861. The first-order valence-corrected chi connectivity index (χ1v) is 8.06. The fraction of sp³-hybridized carbons (Fsp3) is 0.438. The van der Waals surface area contributed by atoms with Crippen molar-refractivity contribution in [2.45, 2.75) is 19.0 Å². The first-order valence-electron chi connectivity index (χ1n) is 8.06. The normalized spacial score (nSPS) is 18.0. The van der Waals surface area contributed by atoms with Gasteiger partial charge in [-0.1, -0.05) is 0 Å². The van der Waals surface area contributed by atoms with E-state index in [0.29, 0.717) is 12.4 Å². The molecule has 1 fully saturated rings. The molecule has 7 nitrogen and oxygen atoms in total. The molecule has 0 bridgehead atoms. The molecule has 8 heteroatoms. The summed E-state index contributed by atoms with van der Waals surface area (Å²) in [6.45, 7) is 2.97. The summed E-state index contributed by atoms with van der Waals surface area (Å²) in [6, 6.07) is 5.16. The number of aromatic nitrogens is 3. The summed E-state index contributed by atoms with van der Waals surface area (Å²) in [5, 5.41) is 10.8. The largest absolute Gasteiger partial charge is 0.355 e. The van der Waals surface area contributed by atoms with E-state index in [1.165, 1.54) is 6.07 Å². The lowest BCUT2D eigenvalue weighted by molar-refractivity contribution is 0.586. The quantitative estimate of drug-likeness (QED) is 0.628. The van der Waals surface area contributed by atoms with Crippen LogP contribution in [0.5, 0.6) is 0 Å². The van der Waals surface area contributed by atoms with Crippen molar-refractivity contribution in [1.29, 1.82) is 0 Å². The van der Waals surface area contributed by atoms with Crippen LogP contribution in [-0.4, -0.2) is 53.4 Å². The highest BCUT2D eigenvalue weighted by atomic mass is 19.1. The summed E-state index contributed by atoms with van der Waals surface area (Å²) >= 11 is 0. The number of rotatable bonds is 5. The Kier molecular flexibility index (Phi) is 5.25. The third kappa shape index (κ3) is 4.01. The number of anilines is 1. The maximum Gasteiger partial charge on any atom is 0.191 e. The lowest BCUT2D eigenvalue weighted by atomic mass is 10.3. The van der Waals surface area contributed by atoms with E-state index in [2.05, 4.69) is 25.7 Å². The van der Waals surface area contributed by atoms with Crippen LogP contribution in [0.1, 0.15) is 6.42 Å². The first kappa shape index (κ1) is 16.2. The fourth-order valence-corrected chi connectivity index (χ4v) is 2.79. The number of guanidine groups is 1. The molecule has 3 heterocycles. The Bertz CT molecular complexity index is 671. The van der Waals surface area contributed by atoms with Gasteiger partial charge in [0.2, 0.25) is 0 Å². The second-order valence-corrected chi connectivity index (χ2v) is 5.65. The molecule has 2 aromatic rings. The Morgan fingerprint density at radius 1 is 1.42 bits per heavy atom. The van der Waals surface area contributed by atoms with Crippen LogP contribution in [0.4, 0.5) is 10.2 Å².